The number of pyridine rings is 1. The molecule has 1 fully saturated rings. The number of aliphatic hydroxyl groups is 1. The van der Waals surface area contributed by atoms with Gasteiger partial charge >= 0.3 is 0 Å². The minimum atomic E-state index is -0.903. The summed E-state index contributed by atoms with van der Waals surface area (Å²) in [5, 5.41) is 11.5. The molecule has 8 nitrogen and oxygen atoms in total. The molecule has 1 N–H and O–H groups in total. The molecule has 5 rings (SSSR count). The topological polar surface area (TPSA) is 98.2 Å². The van der Waals surface area contributed by atoms with E-state index in [0.29, 0.717) is 34.1 Å². The maximum absolute atomic E-state index is 13.4. The van der Waals surface area contributed by atoms with E-state index in [1.807, 2.05) is 19.9 Å². The lowest BCUT2D eigenvalue weighted by Gasteiger charge is -2.25. The second-order valence-electron chi connectivity index (χ2n) is 8.16. The molecule has 172 valence electrons. The Kier molecular flexibility index (Phi) is 5.20. The molecular weight excluding hydrogens is 436 g/mol. The summed E-state index contributed by atoms with van der Waals surface area (Å²) in [6, 6.07) is 11.2. The number of aryl methyl sites for hydroxylation is 2. The quantitative estimate of drug-likeness (QED) is 0.358. The summed E-state index contributed by atoms with van der Waals surface area (Å²) in [5.41, 5.74) is 2.99. The first-order chi connectivity index (χ1) is 16.4. The van der Waals surface area contributed by atoms with Crippen LogP contribution in [0.3, 0.4) is 0 Å². The number of fused-ring (bicyclic) bond motifs is 1. The molecule has 8 heteroatoms. The Labute approximate surface area is 196 Å². The van der Waals surface area contributed by atoms with Crippen LogP contribution in [0.5, 0.6) is 17.2 Å². The standard InChI is InChI=1S/C26H22N2O6/c1-14-9-15(2)25(32-3)18(10-14)23(29)21-22(16-5-4-8-27-12-16)28(26(31)24(21)30)17-6-7-19-20(11-17)34-13-33-19/h4-12,22,29H,13H2,1-3H3/b23-21+. The predicted molar refractivity (Wildman–Crippen MR) is 124 cm³/mol. The number of hydrogen-bond donors (Lipinski definition) is 1. The zero-order valence-electron chi connectivity index (χ0n) is 18.9. The number of ether oxygens (including phenoxy) is 3. The van der Waals surface area contributed by atoms with E-state index in [9.17, 15) is 14.7 Å². The normalized spacial score (nSPS) is 18.4. The Bertz CT molecular complexity index is 1350. The highest BCUT2D eigenvalue weighted by molar-refractivity contribution is 6.51. The van der Waals surface area contributed by atoms with E-state index in [1.165, 1.54) is 12.0 Å². The van der Waals surface area contributed by atoms with Gasteiger partial charge in [0.15, 0.2) is 11.5 Å². The number of carbonyl (C=O) groups excluding carboxylic acids is 2. The Morgan fingerprint density at radius 3 is 2.65 bits per heavy atom. The van der Waals surface area contributed by atoms with E-state index in [-0.39, 0.29) is 18.1 Å². The highest BCUT2D eigenvalue weighted by Crippen LogP contribution is 2.45. The van der Waals surface area contributed by atoms with Crippen LogP contribution in [0.4, 0.5) is 5.69 Å². The summed E-state index contributed by atoms with van der Waals surface area (Å²) in [7, 11) is 1.50. The Morgan fingerprint density at radius 1 is 1.12 bits per heavy atom. The Morgan fingerprint density at radius 2 is 1.91 bits per heavy atom. The van der Waals surface area contributed by atoms with Crippen molar-refractivity contribution in [3.05, 3.63) is 82.7 Å². The van der Waals surface area contributed by atoms with E-state index in [2.05, 4.69) is 4.98 Å². The molecule has 0 aliphatic carbocycles. The number of benzene rings is 2. The van der Waals surface area contributed by atoms with Gasteiger partial charge in [0.1, 0.15) is 11.5 Å². The van der Waals surface area contributed by atoms with Crippen molar-refractivity contribution in [1.82, 2.24) is 4.98 Å². The number of rotatable bonds is 4. The summed E-state index contributed by atoms with van der Waals surface area (Å²) in [6.07, 6.45) is 3.17. The zero-order valence-corrected chi connectivity index (χ0v) is 18.9. The Balaban J connectivity index is 1.74. The van der Waals surface area contributed by atoms with Gasteiger partial charge in [0.05, 0.1) is 24.3 Å². The molecule has 1 aromatic heterocycles. The van der Waals surface area contributed by atoms with Gasteiger partial charge in [0.25, 0.3) is 11.7 Å². The number of carbonyl (C=O) groups is 2. The van der Waals surface area contributed by atoms with Crippen LogP contribution in [0.25, 0.3) is 5.76 Å². The molecule has 34 heavy (non-hydrogen) atoms. The maximum Gasteiger partial charge on any atom is 0.300 e. The predicted octanol–water partition coefficient (Wildman–Crippen LogP) is 4.06. The van der Waals surface area contributed by atoms with Crippen LogP contribution in [-0.2, 0) is 9.59 Å². The van der Waals surface area contributed by atoms with E-state index in [0.717, 1.165) is 11.1 Å². The van der Waals surface area contributed by atoms with Gasteiger partial charge in [0, 0.05) is 24.1 Å². The van der Waals surface area contributed by atoms with Crippen molar-refractivity contribution in [2.45, 2.75) is 19.9 Å². The van der Waals surface area contributed by atoms with Crippen LogP contribution >= 0.6 is 0 Å². The van der Waals surface area contributed by atoms with Crippen LogP contribution in [0.1, 0.15) is 28.3 Å². The largest absolute Gasteiger partial charge is 0.507 e. The first-order valence-electron chi connectivity index (χ1n) is 10.7. The Hall–Kier alpha value is -4.33. The van der Waals surface area contributed by atoms with Crippen molar-refractivity contribution in [3.63, 3.8) is 0 Å². The molecule has 1 unspecified atom stereocenters. The minimum Gasteiger partial charge on any atom is -0.507 e. The molecule has 1 atom stereocenters. The first-order valence-corrected chi connectivity index (χ1v) is 10.7. The van der Waals surface area contributed by atoms with Crippen LogP contribution in [0.15, 0.2) is 60.4 Å². The minimum absolute atomic E-state index is 0.0426. The highest BCUT2D eigenvalue weighted by Gasteiger charge is 2.47. The number of hydrogen-bond acceptors (Lipinski definition) is 7. The number of Topliss-reactive ketones (excluding diaryl/α,β-unsaturated/α-hetero) is 1. The fraction of sp³-hybridized carbons (Fsp3) is 0.192. The average Bonchev–Trinajstić information content (AvgIpc) is 3.40. The lowest BCUT2D eigenvalue weighted by Crippen LogP contribution is -2.29. The molecule has 0 saturated carbocycles. The molecule has 2 aromatic carbocycles. The number of aromatic nitrogens is 1. The molecule has 0 bridgehead atoms. The van der Waals surface area contributed by atoms with E-state index < -0.39 is 17.7 Å². The molecule has 2 aliphatic heterocycles. The second kappa shape index (κ2) is 8.22. The van der Waals surface area contributed by atoms with Crippen LogP contribution in [-0.4, -0.2) is 35.7 Å². The van der Waals surface area contributed by atoms with Gasteiger partial charge in [-0.3, -0.25) is 19.5 Å². The SMILES string of the molecule is COc1c(C)cc(C)cc1/C(O)=C1\C(=O)C(=O)N(c2ccc3c(c2)OCO3)C1c1cccnc1. The molecule has 2 aliphatic rings. The van der Waals surface area contributed by atoms with Gasteiger partial charge in [-0.1, -0.05) is 12.1 Å². The van der Waals surface area contributed by atoms with Crippen LogP contribution in [0, 0.1) is 13.8 Å². The van der Waals surface area contributed by atoms with Gasteiger partial charge < -0.3 is 19.3 Å². The lowest BCUT2D eigenvalue weighted by molar-refractivity contribution is -0.132. The zero-order chi connectivity index (χ0) is 24.0. The number of ketones is 1. The summed E-state index contributed by atoms with van der Waals surface area (Å²) in [5.74, 6) is -0.414. The van der Waals surface area contributed by atoms with Crippen molar-refractivity contribution >= 4 is 23.1 Å². The number of anilines is 1. The molecule has 1 saturated heterocycles. The number of aliphatic hydroxyl groups excluding tert-OH is 1. The monoisotopic (exact) mass is 458 g/mol. The van der Waals surface area contributed by atoms with Gasteiger partial charge in [-0.15, -0.1) is 0 Å². The fourth-order valence-electron chi connectivity index (χ4n) is 4.53. The third-order valence-corrected chi connectivity index (χ3v) is 5.96. The molecule has 3 aromatic rings. The van der Waals surface area contributed by atoms with Gasteiger partial charge in [0.2, 0.25) is 6.79 Å². The molecule has 0 radical (unpaired) electrons. The van der Waals surface area contributed by atoms with Gasteiger partial charge in [-0.25, -0.2) is 0 Å². The number of amides is 1. The highest BCUT2D eigenvalue weighted by atomic mass is 16.7. The van der Waals surface area contributed by atoms with Crippen LogP contribution in [0.2, 0.25) is 0 Å². The summed E-state index contributed by atoms with van der Waals surface area (Å²) in [4.78, 5) is 32.2. The van der Waals surface area contributed by atoms with Crippen molar-refractivity contribution in [3.8, 4) is 17.2 Å². The van der Waals surface area contributed by atoms with Crippen molar-refractivity contribution in [1.29, 1.82) is 0 Å². The maximum atomic E-state index is 13.4. The van der Waals surface area contributed by atoms with E-state index in [4.69, 9.17) is 14.2 Å². The van der Waals surface area contributed by atoms with Crippen molar-refractivity contribution in [2.24, 2.45) is 0 Å². The smallest absolute Gasteiger partial charge is 0.300 e. The van der Waals surface area contributed by atoms with Crippen molar-refractivity contribution in [2.75, 3.05) is 18.8 Å². The number of methoxy groups -OCH3 is 1. The lowest BCUT2D eigenvalue weighted by atomic mass is 9.94. The van der Waals surface area contributed by atoms with Crippen molar-refractivity contribution < 1.29 is 28.9 Å². The molecule has 0 spiro atoms. The van der Waals surface area contributed by atoms with E-state index in [1.54, 1.807) is 48.8 Å². The van der Waals surface area contributed by atoms with Crippen LogP contribution < -0.4 is 19.1 Å². The molecular formula is C26H22N2O6. The molecule has 1 amide bonds. The number of nitrogens with zero attached hydrogens (tertiary/aromatic N) is 2. The molecule has 3 heterocycles. The summed E-state index contributed by atoms with van der Waals surface area (Å²) >= 11 is 0. The van der Waals surface area contributed by atoms with Gasteiger partial charge in [-0.2, -0.15) is 0 Å². The first kappa shape index (κ1) is 21.5. The second-order valence-corrected chi connectivity index (χ2v) is 8.16. The third-order valence-electron chi connectivity index (χ3n) is 5.96. The fourth-order valence-corrected chi connectivity index (χ4v) is 4.53. The summed E-state index contributed by atoms with van der Waals surface area (Å²) < 4.78 is 16.4. The van der Waals surface area contributed by atoms with E-state index >= 15 is 0 Å². The summed E-state index contributed by atoms with van der Waals surface area (Å²) in [6.45, 7) is 3.82. The average molecular weight is 458 g/mol. The third kappa shape index (κ3) is 3.35. The van der Waals surface area contributed by atoms with Gasteiger partial charge in [-0.05, 0) is 54.8 Å².